The van der Waals surface area contributed by atoms with Gasteiger partial charge in [0.15, 0.2) is 5.65 Å². The predicted octanol–water partition coefficient (Wildman–Crippen LogP) is 5.48. The van der Waals surface area contributed by atoms with Crippen molar-refractivity contribution in [2.24, 2.45) is 4.99 Å². The summed E-state index contributed by atoms with van der Waals surface area (Å²) in [6.07, 6.45) is 4.59. The maximum atomic E-state index is 6.49. The Labute approximate surface area is 231 Å². The van der Waals surface area contributed by atoms with Crippen LogP contribution in [0.25, 0.3) is 33.5 Å². The molecule has 0 aliphatic rings. The summed E-state index contributed by atoms with van der Waals surface area (Å²) in [7, 11) is 0. The normalized spacial score (nSPS) is 11.8. The average Bonchev–Trinajstić information content (AvgIpc) is 3.53. The Morgan fingerprint density at radius 1 is 0.900 bits per heavy atom. The second kappa shape index (κ2) is 11.3. The van der Waals surface area contributed by atoms with Crippen molar-refractivity contribution in [1.82, 2.24) is 35.2 Å². The number of pyridine rings is 1. The van der Waals surface area contributed by atoms with Gasteiger partial charge < -0.3 is 10.3 Å². The van der Waals surface area contributed by atoms with E-state index < -0.39 is 0 Å². The molecule has 0 aliphatic heterocycles. The van der Waals surface area contributed by atoms with Crippen molar-refractivity contribution < 1.29 is 0 Å². The van der Waals surface area contributed by atoms with Gasteiger partial charge in [-0.05, 0) is 46.5 Å². The highest BCUT2D eigenvalue weighted by Crippen LogP contribution is 2.30. The average molecular weight is 528 g/mol. The van der Waals surface area contributed by atoms with Gasteiger partial charge in [-0.3, -0.25) is 0 Å². The molecule has 3 N–H and O–H groups in total. The van der Waals surface area contributed by atoms with Crippen LogP contribution in [0.15, 0.2) is 96.1 Å². The number of nitrogens with two attached hydrogens (primary N) is 1. The highest BCUT2D eigenvalue weighted by molar-refractivity contribution is 5.86. The molecule has 0 bridgehead atoms. The molecule has 0 aliphatic carbocycles. The van der Waals surface area contributed by atoms with Crippen LogP contribution in [-0.4, -0.2) is 35.2 Å². The number of benzene rings is 3. The molecule has 6 rings (SSSR count). The minimum atomic E-state index is 0.566. The Kier molecular flexibility index (Phi) is 7.09. The fourth-order valence-electron chi connectivity index (χ4n) is 4.83. The van der Waals surface area contributed by atoms with E-state index in [1.165, 1.54) is 0 Å². The lowest BCUT2D eigenvalue weighted by Gasteiger charge is -2.17. The van der Waals surface area contributed by atoms with Crippen molar-refractivity contribution in [3.8, 4) is 22.5 Å². The Morgan fingerprint density at radius 3 is 2.42 bits per heavy atom. The largest absolute Gasteiger partial charge is 0.398 e. The van der Waals surface area contributed by atoms with Crippen molar-refractivity contribution in [2.75, 3.05) is 5.73 Å². The lowest BCUT2D eigenvalue weighted by Crippen LogP contribution is -2.28. The fourth-order valence-corrected chi connectivity index (χ4v) is 4.83. The molecule has 0 unspecified atom stereocenters. The first kappa shape index (κ1) is 25.1. The van der Waals surface area contributed by atoms with Crippen molar-refractivity contribution in [3.63, 3.8) is 0 Å². The zero-order chi connectivity index (χ0) is 27.3. The number of unbranched alkanes of at least 4 members (excludes halogenated alkanes) is 1. The quantitative estimate of drug-likeness (QED) is 0.270. The molecule has 0 atom stereocenters. The molecule has 0 saturated carbocycles. The molecule has 0 spiro atoms. The van der Waals surface area contributed by atoms with Crippen LogP contribution in [-0.2, 0) is 13.0 Å². The van der Waals surface area contributed by atoms with E-state index >= 15 is 0 Å². The molecular weight excluding hydrogens is 498 g/mol. The number of nitrogens with one attached hydrogen (secondary N) is 1. The second-order valence-electron chi connectivity index (χ2n) is 9.57. The van der Waals surface area contributed by atoms with Crippen LogP contribution in [0, 0.1) is 0 Å². The molecule has 3 aromatic carbocycles. The van der Waals surface area contributed by atoms with Crippen molar-refractivity contribution >= 4 is 22.4 Å². The number of nitrogens with zero attached hydrogens (tertiary/aromatic N) is 7. The van der Waals surface area contributed by atoms with Crippen LogP contribution in [0.2, 0.25) is 0 Å². The minimum absolute atomic E-state index is 0.566. The van der Waals surface area contributed by atoms with E-state index in [1.807, 2.05) is 48.5 Å². The predicted molar refractivity (Wildman–Crippen MR) is 156 cm³/mol. The van der Waals surface area contributed by atoms with Gasteiger partial charge in [0, 0.05) is 23.9 Å². The lowest BCUT2D eigenvalue weighted by molar-refractivity contribution is 0.638. The van der Waals surface area contributed by atoms with Crippen LogP contribution in [0.5, 0.6) is 0 Å². The van der Waals surface area contributed by atoms with E-state index in [1.54, 1.807) is 12.3 Å². The van der Waals surface area contributed by atoms with Crippen LogP contribution in [0.1, 0.15) is 31.2 Å². The van der Waals surface area contributed by atoms with Crippen LogP contribution in [0.4, 0.5) is 11.4 Å². The number of rotatable bonds is 8. The standard InChI is InChI=1S/C31H29N9/c1-2-3-13-27-35-30-28(26(32)18-19-33-30)31(34-23-9-5-4-6-10-23)40(27)20-21-14-16-22(17-15-21)24-11-7-8-12-25(24)29-36-38-39-37-29/h4-12,14-19H,2-3,13,20H2,1H3,(H2,32,33)(H,36,37,38,39). The molecule has 0 saturated heterocycles. The summed E-state index contributed by atoms with van der Waals surface area (Å²) >= 11 is 0. The lowest BCUT2D eigenvalue weighted by atomic mass is 9.98. The van der Waals surface area contributed by atoms with Crippen LogP contribution in [0.3, 0.4) is 0 Å². The molecule has 0 radical (unpaired) electrons. The molecule has 6 aromatic rings. The first-order valence-electron chi connectivity index (χ1n) is 13.4. The second-order valence-corrected chi connectivity index (χ2v) is 9.57. The van der Waals surface area contributed by atoms with E-state index in [0.717, 1.165) is 63.9 Å². The smallest absolute Gasteiger partial charge is 0.205 e. The highest BCUT2D eigenvalue weighted by Gasteiger charge is 2.15. The topological polar surface area (TPSA) is 124 Å². The van der Waals surface area contributed by atoms with Gasteiger partial charge in [-0.25, -0.2) is 15.0 Å². The zero-order valence-corrected chi connectivity index (χ0v) is 22.2. The van der Waals surface area contributed by atoms with E-state index in [2.05, 4.69) is 67.4 Å². The van der Waals surface area contributed by atoms with Crippen molar-refractivity contribution in [1.29, 1.82) is 0 Å². The number of aromatic nitrogens is 7. The Balaban J connectivity index is 1.46. The molecule has 198 valence electrons. The number of hydrogen-bond donors (Lipinski definition) is 2. The highest BCUT2D eigenvalue weighted by atomic mass is 15.5. The molecule has 0 amide bonds. The number of hydrogen-bond acceptors (Lipinski definition) is 7. The molecule has 3 aromatic heterocycles. The summed E-state index contributed by atoms with van der Waals surface area (Å²) in [5, 5.41) is 15.4. The SMILES string of the molecule is CCCCc1nc2nccc(N)c2c(=Nc2ccccc2)n1Cc1ccc(-c2ccccc2-c2nn[nH]n2)cc1. The van der Waals surface area contributed by atoms with Gasteiger partial charge in [0.05, 0.1) is 17.6 Å². The Bertz CT molecular complexity index is 1810. The fraction of sp³-hybridized carbons (Fsp3) is 0.161. The van der Waals surface area contributed by atoms with Gasteiger partial charge in [-0.1, -0.05) is 80.1 Å². The van der Waals surface area contributed by atoms with Crippen molar-refractivity contribution in [3.05, 3.63) is 108 Å². The number of para-hydroxylation sites is 1. The number of anilines is 1. The monoisotopic (exact) mass is 527 g/mol. The van der Waals surface area contributed by atoms with E-state index in [9.17, 15) is 0 Å². The van der Waals surface area contributed by atoms with Crippen molar-refractivity contribution in [2.45, 2.75) is 32.7 Å². The summed E-state index contributed by atoms with van der Waals surface area (Å²) < 4.78 is 2.19. The molecule has 3 heterocycles. The number of tetrazole rings is 1. The third-order valence-electron chi connectivity index (χ3n) is 6.85. The Hall–Kier alpha value is -5.18. The summed E-state index contributed by atoms with van der Waals surface area (Å²) in [6, 6.07) is 28.3. The van der Waals surface area contributed by atoms with Gasteiger partial charge in [0.1, 0.15) is 11.3 Å². The molecule has 0 fully saturated rings. The summed E-state index contributed by atoms with van der Waals surface area (Å²) in [5.74, 6) is 1.50. The first-order valence-corrected chi connectivity index (χ1v) is 13.4. The molecular formula is C31H29N9. The number of fused-ring (bicyclic) bond motifs is 1. The maximum absolute atomic E-state index is 6.49. The number of aryl methyl sites for hydroxylation is 1. The number of aromatic amines is 1. The maximum Gasteiger partial charge on any atom is 0.205 e. The van der Waals surface area contributed by atoms with E-state index in [4.69, 9.17) is 15.7 Å². The third kappa shape index (κ3) is 5.09. The Morgan fingerprint density at radius 2 is 1.68 bits per heavy atom. The number of H-pyrrole nitrogens is 1. The number of nitrogen functional groups attached to an aromatic ring is 1. The van der Waals surface area contributed by atoms with Gasteiger partial charge in [0.25, 0.3) is 0 Å². The van der Waals surface area contributed by atoms with Gasteiger partial charge >= 0.3 is 0 Å². The summed E-state index contributed by atoms with van der Waals surface area (Å²) in [4.78, 5) is 14.6. The molecule has 9 nitrogen and oxygen atoms in total. The van der Waals surface area contributed by atoms with E-state index in [0.29, 0.717) is 23.7 Å². The van der Waals surface area contributed by atoms with Gasteiger partial charge in [-0.2, -0.15) is 5.21 Å². The van der Waals surface area contributed by atoms with Gasteiger partial charge in [-0.15, -0.1) is 10.2 Å². The van der Waals surface area contributed by atoms with Gasteiger partial charge in [0.2, 0.25) is 5.82 Å². The first-order chi connectivity index (χ1) is 19.7. The molecule has 9 heteroatoms. The molecule has 40 heavy (non-hydrogen) atoms. The van der Waals surface area contributed by atoms with Crippen LogP contribution >= 0.6 is 0 Å². The van der Waals surface area contributed by atoms with Crippen LogP contribution < -0.4 is 11.2 Å². The minimum Gasteiger partial charge on any atom is -0.398 e. The third-order valence-corrected chi connectivity index (χ3v) is 6.85. The summed E-state index contributed by atoms with van der Waals surface area (Å²) in [5.41, 5.74) is 13.5. The van der Waals surface area contributed by atoms with E-state index in [-0.39, 0.29) is 0 Å². The zero-order valence-electron chi connectivity index (χ0n) is 22.2. The summed E-state index contributed by atoms with van der Waals surface area (Å²) in [6.45, 7) is 2.77.